The van der Waals surface area contributed by atoms with Gasteiger partial charge in [-0.2, -0.15) is 0 Å². The minimum atomic E-state index is 0.237. The Bertz CT molecular complexity index is 671. The van der Waals surface area contributed by atoms with Crippen molar-refractivity contribution in [2.24, 2.45) is 4.99 Å². The van der Waals surface area contributed by atoms with Crippen LogP contribution in [0.3, 0.4) is 0 Å². The molecule has 2 aromatic carbocycles. The third-order valence-electron chi connectivity index (χ3n) is 2.74. The highest BCUT2D eigenvalue weighted by Gasteiger charge is 2.01. The van der Waals surface area contributed by atoms with Crippen LogP contribution in [-0.2, 0) is 0 Å². The average molecular weight is 284 g/mol. The minimum absolute atomic E-state index is 0.237. The van der Waals surface area contributed by atoms with Crippen LogP contribution in [0.25, 0.3) is 0 Å². The summed E-state index contributed by atoms with van der Waals surface area (Å²) in [5, 5.41) is 0.666. The Morgan fingerprint density at radius 1 is 1.30 bits per heavy atom. The van der Waals surface area contributed by atoms with Crippen molar-refractivity contribution in [3.63, 3.8) is 0 Å². The number of rotatable bonds is 4. The first-order valence-corrected chi connectivity index (χ1v) is 6.54. The molecule has 0 aliphatic rings. The fourth-order valence-corrected chi connectivity index (χ4v) is 1.87. The van der Waals surface area contributed by atoms with E-state index in [1.165, 1.54) is 0 Å². The van der Waals surface area contributed by atoms with Gasteiger partial charge in [0.15, 0.2) is 0 Å². The smallest absolute Gasteiger partial charge is 0.148 e. The average Bonchev–Trinajstić information content (AvgIpc) is 2.47. The molecule has 0 spiro atoms. The number of aliphatic imine (C=N–C) groups is 1. The molecular weight excluding hydrogens is 270 g/mol. The zero-order valence-corrected chi connectivity index (χ0v) is 11.9. The SMILES string of the molecule is C#CCOc1ccccc1C=Nc1cc(Cl)ccc1C. The van der Waals surface area contributed by atoms with Gasteiger partial charge in [0.25, 0.3) is 0 Å². The van der Waals surface area contributed by atoms with Crippen LogP contribution in [0.4, 0.5) is 5.69 Å². The molecule has 0 amide bonds. The first-order chi connectivity index (χ1) is 9.70. The van der Waals surface area contributed by atoms with Gasteiger partial charge in [-0.3, -0.25) is 4.99 Å². The summed E-state index contributed by atoms with van der Waals surface area (Å²) in [5.74, 6) is 3.17. The number of aryl methyl sites for hydroxylation is 1. The quantitative estimate of drug-likeness (QED) is 0.601. The van der Waals surface area contributed by atoms with E-state index in [2.05, 4.69) is 10.9 Å². The van der Waals surface area contributed by atoms with Crippen molar-refractivity contribution in [1.82, 2.24) is 0 Å². The lowest BCUT2D eigenvalue weighted by Crippen LogP contribution is -1.97. The molecule has 0 unspecified atom stereocenters. The molecule has 0 radical (unpaired) electrons. The fourth-order valence-electron chi connectivity index (χ4n) is 1.70. The lowest BCUT2D eigenvalue weighted by molar-refractivity contribution is 0.370. The van der Waals surface area contributed by atoms with Crippen molar-refractivity contribution in [2.45, 2.75) is 6.92 Å². The highest BCUT2D eigenvalue weighted by atomic mass is 35.5. The number of halogens is 1. The topological polar surface area (TPSA) is 21.6 Å². The zero-order valence-electron chi connectivity index (χ0n) is 11.1. The van der Waals surface area contributed by atoms with Gasteiger partial charge in [-0.25, -0.2) is 0 Å². The molecule has 0 fully saturated rings. The molecule has 0 aliphatic carbocycles. The van der Waals surface area contributed by atoms with Crippen molar-refractivity contribution in [3.8, 4) is 18.1 Å². The van der Waals surface area contributed by atoms with E-state index in [-0.39, 0.29) is 6.61 Å². The molecule has 0 aliphatic heterocycles. The summed E-state index contributed by atoms with van der Waals surface area (Å²) in [5.41, 5.74) is 2.78. The van der Waals surface area contributed by atoms with Gasteiger partial charge in [0.1, 0.15) is 12.4 Å². The van der Waals surface area contributed by atoms with Crippen molar-refractivity contribution >= 4 is 23.5 Å². The summed E-state index contributed by atoms with van der Waals surface area (Å²) in [6.45, 7) is 2.23. The fraction of sp³-hybridized carbons (Fsp3) is 0.118. The maximum absolute atomic E-state index is 5.98. The molecule has 2 rings (SSSR count). The number of ether oxygens (including phenoxy) is 1. The summed E-state index contributed by atoms with van der Waals surface area (Å²) >= 11 is 5.98. The summed E-state index contributed by atoms with van der Waals surface area (Å²) in [4.78, 5) is 4.46. The van der Waals surface area contributed by atoms with Gasteiger partial charge >= 0.3 is 0 Å². The van der Waals surface area contributed by atoms with E-state index in [9.17, 15) is 0 Å². The predicted octanol–water partition coefficient (Wildman–Crippen LogP) is 4.41. The Labute approximate surface area is 124 Å². The van der Waals surface area contributed by atoms with Crippen LogP contribution in [0.2, 0.25) is 5.02 Å². The Morgan fingerprint density at radius 3 is 2.90 bits per heavy atom. The standard InChI is InChI=1S/C17H14ClNO/c1-3-10-20-17-7-5-4-6-14(17)12-19-16-11-15(18)9-8-13(16)2/h1,4-9,11-12H,10H2,2H3. The monoisotopic (exact) mass is 283 g/mol. The zero-order chi connectivity index (χ0) is 14.4. The summed E-state index contributed by atoms with van der Waals surface area (Å²) in [6.07, 6.45) is 6.96. The number of hydrogen-bond donors (Lipinski definition) is 0. The van der Waals surface area contributed by atoms with Crippen LogP contribution in [0.1, 0.15) is 11.1 Å². The lowest BCUT2D eigenvalue weighted by atomic mass is 10.2. The van der Waals surface area contributed by atoms with E-state index >= 15 is 0 Å². The first kappa shape index (κ1) is 14.2. The largest absolute Gasteiger partial charge is 0.480 e. The summed E-state index contributed by atoms with van der Waals surface area (Å²) in [6, 6.07) is 13.2. The van der Waals surface area contributed by atoms with E-state index < -0.39 is 0 Å². The second-order valence-electron chi connectivity index (χ2n) is 4.22. The molecule has 2 aromatic rings. The molecule has 100 valence electrons. The van der Waals surface area contributed by atoms with Crippen LogP contribution < -0.4 is 4.74 Å². The molecule has 0 saturated heterocycles. The van der Waals surface area contributed by atoms with Crippen LogP contribution >= 0.6 is 11.6 Å². The molecule has 0 bridgehead atoms. The van der Waals surface area contributed by atoms with Gasteiger partial charge < -0.3 is 4.74 Å². The van der Waals surface area contributed by atoms with Crippen molar-refractivity contribution in [1.29, 1.82) is 0 Å². The van der Waals surface area contributed by atoms with Crippen LogP contribution in [-0.4, -0.2) is 12.8 Å². The van der Waals surface area contributed by atoms with Gasteiger partial charge in [-0.15, -0.1) is 6.42 Å². The Balaban J connectivity index is 2.27. The van der Waals surface area contributed by atoms with Gasteiger partial charge in [0.05, 0.1) is 5.69 Å². The minimum Gasteiger partial charge on any atom is -0.480 e. The van der Waals surface area contributed by atoms with Crippen molar-refractivity contribution in [2.75, 3.05) is 6.61 Å². The normalized spacial score (nSPS) is 10.4. The van der Waals surface area contributed by atoms with E-state index in [1.807, 2.05) is 49.4 Å². The molecule has 0 aromatic heterocycles. The van der Waals surface area contributed by atoms with Crippen molar-refractivity contribution in [3.05, 3.63) is 58.6 Å². The number of benzene rings is 2. The third kappa shape index (κ3) is 3.63. The maximum Gasteiger partial charge on any atom is 0.148 e. The van der Waals surface area contributed by atoms with Crippen LogP contribution in [0, 0.1) is 19.3 Å². The van der Waals surface area contributed by atoms with Gasteiger partial charge in [0.2, 0.25) is 0 Å². The molecule has 2 nitrogen and oxygen atoms in total. The molecule has 3 heteroatoms. The summed E-state index contributed by atoms with van der Waals surface area (Å²) < 4.78 is 5.48. The number of nitrogens with zero attached hydrogens (tertiary/aromatic N) is 1. The van der Waals surface area contributed by atoms with Gasteiger partial charge in [0, 0.05) is 16.8 Å². The second-order valence-corrected chi connectivity index (χ2v) is 4.66. The van der Waals surface area contributed by atoms with E-state index in [0.717, 1.165) is 16.8 Å². The predicted molar refractivity (Wildman–Crippen MR) is 84.2 cm³/mol. The third-order valence-corrected chi connectivity index (χ3v) is 2.98. The molecule has 0 N–H and O–H groups in total. The Kier molecular flexibility index (Phi) is 4.81. The van der Waals surface area contributed by atoms with E-state index in [0.29, 0.717) is 10.8 Å². The summed E-state index contributed by atoms with van der Waals surface area (Å²) in [7, 11) is 0. The highest BCUT2D eigenvalue weighted by Crippen LogP contribution is 2.24. The van der Waals surface area contributed by atoms with Gasteiger partial charge in [-0.05, 0) is 36.8 Å². The molecule has 0 heterocycles. The molecule has 20 heavy (non-hydrogen) atoms. The lowest BCUT2D eigenvalue weighted by Gasteiger charge is -2.06. The Morgan fingerprint density at radius 2 is 2.10 bits per heavy atom. The number of hydrogen-bond acceptors (Lipinski definition) is 2. The highest BCUT2D eigenvalue weighted by molar-refractivity contribution is 6.30. The van der Waals surface area contributed by atoms with Crippen LogP contribution in [0.15, 0.2) is 47.5 Å². The number of para-hydroxylation sites is 1. The first-order valence-electron chi connectivity index (χ1n) is 6.16. The van der Waals surface area contributed by atoms with Crippen LogP contribution in [0.5, 0.6) is 5.75 Å². The maximum atomic E-state index is 5.98. The second kappa shape index (κ2) is 6.79. The van der Waals surface area contributed by atoms with Crippen molar-refractivity contribution < 1.29 is 4.74 Å². The molecule has 0 atom stereocenters. The van der Waals surface area contributed by atoms with Gasteiger partial charge in [-0.1, -0.05) is 35.7 Å². The molecular formula is C17H14ClNO. The Hall–Kier alpha value is -2.24. The van der Waals surface area contributed by atoms with E-state index in [1.54, 1.807) is 6.21 Å². The van der Waals surface area contributed by atoms with E-state index in [4.69, 9.17) is 22.8 Å². The molecule has 0 saturated carbocycles. The number of terminal acetylenes is 1.